The largest absolute Gasteiger partial charge is 2.00 e. The summed E-state index contributed by atoms with van der Waals surface area (Å²) in [7, 11) is -5.17. The molecule has 4 aromatic rings. The predicted octanol–water partition coefficient (Wildman–Crippen LogP) is 2.99. The molecule has 0 aliphatic heterocycles. The van der Waals surface area contributed by atoms with Gasteiger partial charge in [-0.3, -0.25) is 28.4 Å². The van der Waals surface area contributed by atoms with Gasteiger partial charge in [0, 0.05) is 60.0 Å². The standard InChI is InChI=1S/4C5H5N.Ag.H2O4S/c4*1-2-4-6-5-3-1;;1-5(2,3)4/h4*1-5H;;(H2,1,2,3,4)/q;;;;+2;/p-2. The number of nitrogens with zero attached hydrogens (tertiary/aromatic N) is 4. The summed E-state index contributed by atoms with van der Waals surface area (Å²) in [6, 6.07) is 22.9. The van der Waals surface area contributed by atoms with Gasteiger partial charge in [0.2, 0.25) is 0 Å². The Morgan fingerprint density at radius 3 is 0.567 bits per heavy atom. The van der Waals surface area contributed by atoms with E-state index in [0.29, 0.717) is 0 Å². The first-order valence-electron chi connectivity index (χ1n) is 8.07. The van der Waals surface area contributed by atoms with Crippen molar-refractivity contribution in [2.45, 2.75) is 0 Å². The van der Waals surface area contributed by atoms with Gasteiger partial charge < -0.3 is 9.11 Å². The van der Waals surface area contributed by atoms with E-state index >= 15 is 0 Å². The smallest absolute Gasteiger partial charge is 0.759 e. The van der Waals surface area contributed by atoms with Crippen molar-refractivity contribution >= 4 is 10.4 Å². The first kappa shape index (κ1) is 29.4. The average molecular weight is 520 g/mol. The fourth-order valence-corrected chi connectivity index (χ4v) is 1.25. The third-order valence-electron chi connectivity index (χ3n) is 2.27. The van der Waals surface area contributed by atoms with Crippen LogP contribution in [0.2, 0.25) is 0 Å². The molecule has 0 atom stereocenters. The van der Waals surface area contributed by atoms with E-state index in [4.69, 9.17) is 17.5 Å². The van der Waals surface area contributed by atoms with Crippen LogP contribution in [0.4, 0.5) is 0 Å². The zero-order chi connectivity index (χ0) is 21.5. The molecule has 0 aliphatic carbocycles. The van der Waals surface area contributed by atoms with Gasteiger partial charge in [0.15, 0.2) is 0 Å². The van der Waals surface area contributed by atoms with E-state index in [1.54, 1.807) is 49.6 Å². The summed E-state index contributed by atoms with van der Waals surface area (Å²) in [4.78, 5) is 15.1. The van der Waals surface area contributed by atoms with Crippen molar-refractivity contribution in [3.8, 4) is 0 Å². The minimum atomic E-state index is -5.17. The van der Waals surface area contributed by atoms with E-state index < -0.39 is 10.4 Å². The van der Waals surface area contributed by atoms with Gasteiger partial charge >= 0.3 is 22.4 Å². The Labute approximate surface area is 192 Å². The minimum absolute atomic E-state index is 0. The van der Waals surface area contributed by atoms with Crippen LogP contribution in [-0.4, -0.2) is 37.5 Å². The number of pyridine rings is 4. The quantitative estimate of drug-likeness (QED) is 0.196. The molecule has 0 bridgehead atoms. The molecule has 0 amide bonds. The van der Waals surface area contributed by atoms with Gasteiger partial charge in [-0.15, -0.1) is 0 Å². The second kappa shape index (κ2) is 22.5. The van der Waals surface area contributed by atoms with Crippen LogP contribution in [0.3, 0.4) is 0 Å². The van der Waals surface area contributed by atoms with Crippen LogP contribution < -0.4 is 0 Å². The van der Waals surface area contributed by atoms with E-state index in [1.165, 1.54) is 0 Å². The van der Waals surface area contributed by atoms with Crippen molar-refractivity contribution in [3.63, 3.8) is 0 Å². The zero-order valence-electron chi connectivity index (χ0n) is 15.7. The van der Waals surface area contributed by atoms with Crippen LogP contribution in [0.1, 0.15) is 0 Å². The van der Waals surface area contributed by atoms with Gasteiger partial charge in [-0.1, -0.05) is 24.3 Å². The molecule has 4 rings (SSSR count). The van der Waals surface area contributed by atoms with Crippen molar-refractivity contribution < 1.29 is 39.9 Å². The van der Waals surface area contributed by atoms with Crippen molar-refractivity contribution in [2.24, 2.45) is 0 Å². The van der Waals surface area contributed by atoms with Gasteiger partial charge in [0.25, 0.3) is 0 Å². The Morgan fingerprint density at radius 1 is 0.400 bits per heavy atom. The monoisotopic (exact) mass is 519 g/mol. The average Bonchev–Trinajstić information content (AvgIpc) is 2.79. The zero-order valence-corrected chi connectivity index (χ0v) is 18.0. The SMILES string of the molecule is O=S(=O)([O-])[O-].[Ag+2].c1ccncc1.c1ccncc1.c1ccncc1.c1ccncc1. The van der Waals surface area contributed by atoms with Gasteiger partial charge in [0.05, 0.1) is 0 Å². The maximum atomic E-state index is 8.52. The molecule has 0 aromatic carbocycles. The Morgan fingerprint density at radius 2 is 0.533 bits per heavy atom. The van der Waals surface area contributed by atoms with E-state index in [2.05, 4.69) is 19.9 Å². The van der Waals surface area contributed by atoms with Crippen molar-refractivity contribution in [2.75, 3.05) is 0 Å². The molecular weight excluding hydrogens is 500 g/mol. The molecule has 161 valence electrons. The second-order valence-corrected chi connectivity index (χ2v) is 5.32. The van der Waals surface area contributed by atoms with Crippen molar-refractivity contribution in [3.05, 3.63) is 122 Å². The van der Waals surface area contributed by atoms with Crippen LogP contribution in [0.5, 0.6) is 0 Å². The summed E-state index contributed by atoms with van der Waals surface area (Å²) in [5.74, 6) is 0. The Kier molecular flexibility index (Phi) is 22.1. The Bertz CT molecular complexity index is 652. The van der Waals surface area contributed by atoms with Crippen LogP contribution >= 0.6 is 0 Å². The van der Waals surface area contributed by atoms with Crippen LogP contribution in [-0.2, 0) is 32.8 Å². The summed E-state index contributed by atoms with van der Waals surface area (Å²) in [5.41, 5.74) is 0. The summed E-state index contributed by atoms with van der Waals surface area (Å²) in [5, 5.41) is 0. The van der Waals surface area contributed by atoms with Gasteiger partial charge in [-0.25, -0.2) is 0 Å². The molecule has 0 N–H and O–H groups in total. The van der Waals surface area contributed by atoms with E-state index in [1.807, 2.05) is 72.8 Å². The van der Waals surface area contributed by atoms with E-state index in [0.717, 1.165) is 0 Å². The molecule has 0 aliphatic rings. The number of aromatic nitrogens is 4. The molecule has 10 heteroatoms. The molecule has 0 spiro atoms. The van der Waals surface area contributed by atoms with Crippen LogP contribution in [0.15, 0.2) is 122 Å². The molecule has 0 unspecified atom stereocenters. The van der Waals surface area contributed by atoms with Crippen LogP contribution in [0.25, 0.3) is 0 Å². The molecule has 4 heterocycles. The fraction of sp³-hybridized carbons (Fsp3) is 0. The van der Waals surface area contributed by atoms with E-state index in [9.17, 15) is 0 Å². The molecule has 0 fully saturated rings. The van der Waals surface area contributed by atoms with Crippen LogP contribution in [0, 0.1) is 0 Å². The van der Waals surface area contributed by atoms with Crippen molar-refractivity contribution in [1.29, 1.82) is 0 Å². The number of hydrogen-bond donors (Lipinski definition) is 0. The molecular formula is C20H20AgN4O4S. The fourth-order valence-electron chi connectivity index (χ4n) is 1.25. The molecule has 0 saturated heterocycles. The number of rotatable bonds is 0. The second-order valence-electron chi connectivity index (χ2n) is 4.51. The molecule has 4 aromatic heterocycles. The molecule has 30 heavy (non-hydrogen) atoms. The predicted molar refractivity (Wildman–Crippen MR) is 107 cm³/mol. The van der Waals surface area contributed by atoms with E-state index in [-0.39, 0.29) is 22.4 Å². The maximum absolute atomic E-state index is 8.52. The third-order valence-corrected chi connectivity index (χ3v) is 2.27. The summed E-state index contributed by atoms with van der Waals surface area (Å²) >= 11 is 0. The summed E-state index contributed by atoms with van der Waals surface area (Å²) in [6.45, 7) is 0. The van der Waals surface area contributed by atoms with Gasteiger partial charge in [0.1, 0.15) is 0 Å². The van der Waals surface area contributed by atoms with Gasteiger partial charge in [-0.05, 0) is 48.5 Å². The number of hydrogen-bond acceptors (Lipinski definition) is 8. The maximum Gasteiger partial charge on any atom is 2.00 e. The molecule has 1 radical (unpaired) electrons. The first-order valence-corrected chi connectivity index (χ1v) is 9.40. The summed E-state index contributed by atoms with van der Waals surface area (Å²) in [6.07, 6.45) is 14.0. The van der Waals surface area contributed by atoms with Crippen molar-refractivity contribution in [1.82, 2.24) is 19.9 Å². The minimum Gasteiger partial charge on any atom is -0.759 e. The van der Waals surface area contributed by atoms with Gasteiger partial charge in [-0.2, -0.15) is 0 Å². The Hall–Kier alpha value is -2.79. The first-order chi connectivity index (χ1) is 14.0. The topological polar surface area (TPSA) is 132 Å². The third kappa shape index (κ3) is 32.8. The Balaban J connectivity index is 0. The molecule has 8 nitrogen and oxygen atoms in total. The molecule has 0 saturated carbocycles. The summed E-state index contributed by atoms with van der Waals surface area (Å²) < 4.78 is 34.1. The normalized spacial score (nSPS) is 8.33.